The largest absolute Gasteiger partial charge is 0.380 e. The number of rotatable bonds is 5. The Kier molecular flexibility index (Phi) is 5.22. The van der Waals surface area contributed by atoms with E-state index in [-0.39, 0.29) is 11.7 Å². The van der Waals surface area contributed by atoms with Crippen molar-refractivity contribution < 1.29 is 14.6 Å². The molecule has 0 aromatic carbocycles. The zero-order valence-electron chi connectivity index (χ0n) is 9.61. The van der Waals surface area contributed by atoms with Gasteiger partial charge in [0, 0.05) is 25.6 Å². The molecule has 2 unspecified atom stereocenters. The number of carbonyl (C=O) groups is 1. The Morgan fingerprint density at radius 2 is 2.33 bits per heavy atom. The van der Waals surface area contributed by atoms with Crippen molar-refractivity contribution in [3.05, 3.63) is 0 Å². The minimum atomic E-state index is -0.479. The fraction of sp³-hybridized carbons (Fsp3) is 0.909. The second kappa shape index (κ2) is 6.20. The van der Waals surface area contributed by atoms with Gasteiger partial charge >= 0.3 is 0 Å². The molecule has 0 aromatic heterocycles. The maximum absolute atomic E-state index is 11.2. The number of likely N-dealkylation sites (tertiary alicyclic amines) is 1. The van der Waals surface area contributed by atoms with Crippen LogP contribution in [0, 0.1) is 5.92 Å². The summed E-state index contributed by atoms with van der Waals surface area (Å²) in [5.74, 6) is 0.238. The Labute approximate surface area is 91.2 Å². The summed E-state index contributed by atoms with van der Waals surface area (Å²) in [4.78, 5) is 13.1. The van der Waals surface area contributed by atoms with Crippen LogP contribution in [-0.4, -0.2) is 48.3 Å². The summed E-state index contributed by atoms with van der Waals surface area (Å²) < 4.78 is 5.24. The fourth-order valence-corrected chi connectivity index (χ4v) is 1.95. The Bertz CT molecular complexity index is 208. The van der Waals surface area contributed by atoms with E-state index in [2.05, 4.69) is 0 Å². The van der Waals surface area contributed by atoms with Gasteiger partial charge in [0.25, 0.3) is 0 Å². The van der Waals surface area contributed by atoms with Crippen LogP contribution in [0.15, 0.2) is 0 Å². The third-order valence-corrected chi connectivity index (χ3v) is 2.98. The van der Waals surface area contributed by atoms with E-state index in [4.69, 9.17) is 4.74 Å². The van der Waals surface area contributed by atoms with Crippen molar-refractivity contribution in [3.8, 4) is 0 Å². The summed E-state index contributed by atoms with van der Waals surface area (Å²) in [7, 11) is 0. The summed E-state index contributed by atoms with van der Waals surface area (Å²) in [5, 5.41) is 9.81. The van der Waals surface area contributed by atoms with Crippen LogP contribution in [0.2, 0.25) is 0 Å². The molecule has 0 spiro atoms. The van der Waals surface area contributed by atoms with Crippen LogP contribution in [-0.2, 0) is 9.53 Å². The van der Waals surface area contributed by atoms with Crippen molar-refractivity contribution in [1.82, 2.24) is 4.90 Å². The lowest BCUT2D eigenvalue weighted by Crippen LogP contribution is -2.45. The first-order valence-electron chi connectivity index (χ1n) is 5.65. The molecule has 1 N–H and O–H groups in total. The quantitative estimate of drug-likeness (QED) is 0.684. The van der Waals surface area contributed by atoms with Crippen LogP contribution in [0.1, 0.15) is 26.7 Å². The maximum atomic E-state index is 11.2. The van der Waals surface area contributed by atoms with Crippen LogP contribution in [0.3, 0.4) is 0 Å². The van der Waals surface area contributed by atoms with Gasteiger partial charge in [-0.3, -0.25) is 9.69 Å². The average Bonchev–Trinajstić information content (AvgIpc) is 2.20. The molecule has 1 aliphatic rings. The molecule has 1 saturated heterocycles. The first kappa shape index (κ1) is 12.6. The smallest absolute Gasteiger partial charge is 0.133 e. The minimum absolute atomic E-state index is 0.0448. The molecule has 0 aliphatic carbocycles. The van der Waals surface area contributed by atoms with Crippen LogP contribution in [0.25, 0.3) is 0 Å². The molecule has 0 radical (unpaired) electrons. The summed E-state index contributed by atoms with van der Waals surface area (Å²) in [6.07, 6.45) is 0.952. The fourth-order valence-electron chi connectivity index (χ4n) is 1.95. The van der Waals surface area contributed by atoms with E-state index in [1.807, 2.05) is 11.8 Å². The molecule has 88 valence electrons. The molecular weight excluding hydrogens is 194 g/mol. The molecule has 1 heterocycles. The number of piperidine rings is 1. The zero-order chi connectivity index (χ0) is 11.3. The van der Waals surface area contributed by atoms with Crippen molar-refractivity contribution in [2.45, 2.75) is 32.9 Å². The lowest BCUT2D eigenvalue weighted by Gasteiger charge is -2.35. The molecule has 4 nitrogen and oxygen atoms in total. The normalized spacial score (nSPS) is 27.9. The molecule has 0 bridgehead atoms. The molecular formula is C11H21NO3. The third-order valence-electron chi connectivity index (χ3n) is 2.98. The third kappa shape index (κ3) is 3.89. The van der Waals surface area contributed by atoms with Gasteiger partial charge < -0.3 is 9.84 Å². The predicted molar refractivity (Wildman–Crippen MR) is 57.5 cm³/mol. The number of hydrogen-bond donors (Lipinski definition) is 1. The van der Waals surface area contributed by atoms with Gasteiger partial charge in [-0.1, -0.05) is 0 Å². The van der Waals surface area contributed by atoms with Gasteiger partial charge in [0.2, 0.25) is 0 Å². The van der Waals surface area contributed by atoms with Gasteiger partial charge in [-0.15, -0.1) is 0 Å². The highest BCUT2D eigenvalue weighted by Gasteiger charge is 2.28. The second-order valence-corrected chi connectivity index (χ2v) is 4.05. The van der Waals surface area contributed by atoms with Gasteiger partial charge in [0.15, 0.2) is 0 Å². The first-order valence-corrected chi connectivity index (χ1v) is 5.65. The number of nitrogens with zero attached hydrogens (tertiary/aromatic N) is 1. The maximum Gasteiger partial charge on any atom is 0.133 e. The topological polar surface area (TPSA) is 49.8 Å². The van der Waals surface area contributed by atoms with Crippen molar-refractivity contribution in [3.63, 3.8) is 0 Å². The van der Waals surface area contributed by atoms with E-state index < -0.39 is 6.23 Å². The molecule has 1 fully saturated rings. The summed E-state index contributed by atoms with van der Waals surface area (Å²) in [6.45, 7) is 6.46. The minimum Gasteiger partial charge on any atom is -0.380 e. The Hall–Kier alpha value is -0.450. The monoisotopic (exact) mass is 215 g/mol. The Morgan fingerprint density at radius 3 is 2.87 bits per heavy atom. The van der Waals surface area contributed by atoms with Crippen molar-refractivity contribution in [2.75, 3.05) is 26.3 Å². The number of hydrogen-bond acceptors (Lipinski definition) is 4. The predicted octanol–water partition coefficient (Wildman–Crippen LogP) is 0.642. The van der Waals surface area contributed by atoms with Crippen molar-refractivity contribution in [1.29, 1.82) is 0 Å². The molecule has 0 aromatic rings. The van der Waals surface area contributed by atoms with E-state index >= 15 is 0 Å². The van der Waals surface area contributed by atoms with E-state index in [0.717, 1.165) is 19.5 Å². The molecule has 4 heteroatoms. The van der Waals surface area contributed by atoms with E-state index in [9.17, 15) is 9.90 Å². The average molecular weight is 215 g/mol. The van der Waals surface area contributed by atoms with E-state index in [1.54, 1.807) is 6.92 Å². The number of carbonyl (C=O) groups excluding carboxylic acids is 1. The van der Waals surface area contributed by atoms with Gasteiger partial charge in [0.1, 0.15) is 12.0 Å². The number of ketones is 1. The standard InChI is InChI=1S/C11H21NO3/c1-3-15-7-6-12-5-4-10(9(2)13)8-11(12)14/h10-11,14H,3-8H2,1-2H3. The SMILES string of the molecule is CCOCCN1CCC(C(C)=O)CC1O. The highest BCUT2D eigenvalue weighted by Crippen LogP contribution is 2.21. The highest BCUT2D eigenvalue weighted by molar-refractivity contribution is 5.78. The summed E-state index contributed by atoms with van der Waals surface area (Å²) in [6, 6.07) is 0. The van der Waals surface area contributed by atoms with Gasteiger partial charge in [-0.2, -0.15) is 0 Å². The molecule has 0 saturated carbocycles. The number of Topliss-reactive ketones (excluding diaryl/α,β-unsaturated/α-hetero) is 1. The molecule has 15 heavy (non-hydrogen) atoms. The molecule has 1 aliphatic heterocycles. The highest BCUT2D eigenvalue weighted by atomic mass is 16.5. The van der Waals surface area contributed by atoms with E-state index in [1.165, 1.54) is 0 Å². The first-order chi connectivity index (χ1) is 7.15. The van der Waals surface area contributed by atoms with Crippen LogP contribution < -0.4 is 0 Å². The Morgan fingerprint density at radius 1 is 1.60 bits per heavy atom. The summed E-state index contributed by atoms with van der Waals surface area (Å²) >= 11 is 0. The molecule has 1 rings (SSSR count). The van der Waals surface area contributed by atoms with Crippen LogP contribution in [0.5, 0.6) is 0 Å². The molecule has 2 atom stereocenters. The van der Waals surface area contributed by atoms with Crippen LogP contribution in [0.4, 0.5) is 0 Å². The Balaban J connectivity index is 2.29. The molecule has 0 amide bonds. The number of ether oxygens (including phenoxy) is 1. The van der Waals surface area contributed by atoms with Gasteiger partial charge in [0.05, 0.1) is 6.61 Å². The van der Waals surface area contributed by atoms with Gasteiger partial charge in [-0.05, 0) is 26.7 Å². The number of aliphatic hydroxyl groups is 1. The second-order valence-electron chi connectivity index (χ2n) is 4.05. The van der Waals surface area contributed by atoms with Crippen LogP contribution >= 0.6 is 0 Å². The zero-order valence-corrected chi connectivity index (χ0v) is 9.61. The summed E-state index contributed by atoms with van der Waals surface area (Å²) in [5.41, 5.74) is 0. The lowest BCUT2D eigenvalue weighted by molar-refractivity contribution is -0.127. The lowest BCUT2D eigenvalue weighted by atomic mass is 9.92. The van der Waals surface area contributed by atoms with E-state index in [0.29, 0.717) is 19.6 Å². The number of aliphatic hydroxyl groups excluding tert-OH is 1. The van der Waals surface area contributed by atoms with Crippen molar-refractivity contribution >= 4 is 5.78 Å². The van der Waals surface area contributed by atoms with Gasteiger partial charge in [-0.25, -0.2) is 0 Å². The van der Waals surface area contributed by atoms with Crippen molar-refractivity contribution in [2.24, 2.45) is 5.92 Å².